The maximum absolute atomic E-state index is 10.8. The Balaban J connectivity index is 2.01. The zero-order valence-corrected chi connectivity index (χ0v) is 8.35. The van der Waals surface area contributed by atoms with Gasteiger partial charge in [-0.1, -0.05) is 11.8 Å². The number of thioether (sulfide) groups is 1. The third-order valence-corrected chi connectivity index (χ3v) is 3.98. The Morgan fingerprint density at radius 1 is 1.77 bits per heavy atom. The highest BCUT2D eigenvalue weighted by atomic mass is 32.2. The van der Waals surface area contributed by atoms with Crippen LogP contribution in [0.1, 0.15) is 12.8 Å². The van der Waals surface area contributed by atoms with E-state index in [1.807, 2.05) is 0 Å². The second kappa shape index (κ2) is 3.63. The first kappa shape index (κ1) is 8.96. The lowest BCUT2D eigenvalue weighted by Gasteiger charge is -2.06. The van der Waals surface area contributed by atoms with Crippen LogP contribution in [0, 0.1) is 5.92 Å². The Morgan fingerprint density at radius 3 is 3.00 bits per heavy atom. The van der Waals surface area contributed by atoms with E-state index < -0.39 is 5.97 Å². The van der Waals surface area contributed by atoms with Crippen LogP contribution in [0.4, 0.5) is 0 Å². The molecule has 0 spiro atoms. The second-order valence-corrected chi connectivity index (χ2v) is 5.09. The fourth-order valence-corrected chi connectivity index (χ4v) is 2.85. The van der Waals surface area contributed by atoms with Crippen molar-refractivity contribution in [2.24, 2.45) is 5.92 Å². The van der Waals surface area contributed by atoms with Crippen molar-refractivity contribution in [2.45, 2.75) is 22.4 Å². The maximum Gasteiger partial charge on any atom is 0.317 e. The third-order valence-electron chi connectivity index (χ3n) is 1.86. The summed E-state index contributed by atoms with van der Waals surface area (Å²) in [5.41, 5.74) is 0. The second-order valence-electron chi connectivity index (χ2n) is 2.92. The minimum absolute atomic E-state index is 0.326. The molecule has 1 unspecified atom stereocenters. The van der Waals surface area contributed by atoms with Gasteiger partial charge in [0.1, 0.15) is 11.6 Å². The molecule has 0 bridgehead atoms. The van der Waals surface area contributed by atoms with Gasteiger partial charge in [-0.15, -0.1) is 0 Å². The summed E-state index contributed by atoms with van der Waals surface area (Å²) in [6.07, 6.45) is 3.52. The first-order valence-corrected chi connectivity index (χ1v) is 5.59. The Labute approximate surface area is 83.5 Å². The quantitative estimate of drug-likeness (QED) is 0.773. The zero-order chi connectivity index (χ0) is 9.26. The average molecular weight is 216 g/mol. The summed E-state index contributed by atoms with van der Waals surface area (Å²) in [5.74, 6) is -0.394. The smallest absolute Gasteiger partial charge is 0.317 e. The van der Waals surface area contributed by atoms with E-state index in [4.69, 9.17) is 5.11 Å². The van der Waals surface area contributed by atoms with Gasteiger partial charge in [0.05, 0.1) is 0 Å². The zero-order valence-electron chi connectivity index (χ0n) is 6.71. The summed E-state index contributed by atoms with van der Waals surface area (Å²) in [4.78, 5) is 14.8. The molecule has 1 aliphatic carbocycles. The molecule has 2 rings (SSSR count). The van der Waals surface area contributed by atoms with E-state index in [2.05, 4.69) is 9.36 Å². The highest BCUT2D eigenvalue weighted by molar-refractivity contribution is 8.02. The van der Waals surface area contributed by atoms with E-state index in [0.29, 0.717) is 5.92 Å². The number of hydrogen-bond acceptors (Lipinski definition) is 5. The first-order valence-electron chi connectivity index (χ1n) is 3.93. The van der Waals surface area contributed by atoms with Crippen molar-refractivity contribution in [1.82, 2.24) is 9.36 Å². The molecule has 1 atom stereocenters. The number of carbonyl (C=O) groups is 1. The van der Waals surface area contributed by atoms with Crippen molar-refractivity contribution in [3.63, 3.8) is 0 Å². The summed E-state index contributed by atoms with van der Waals surface area (Å²) in [6, 6.07) is 0. The van der Waals surface area contributed by atoms with Gasteiger partial charge in [-0.2, -0.15) is 4.37 Å². The molecule has 1 fully saturated rings. The maximum atomic E-state index is 10.8. The van der Waals surface area contributed by atoms with Crippen LogP contribution in [-0.4, -0.2) is 25.7 Å². The highest BCUT2D eigenvalue weighted by Gasteiger charge is 2.37. The van der Waals surface area contributed by atoms with Gasteiger partial charge in [0, 0.05) is 0 Å². The average Bonchev–Trinajstić information content (AvgIpc) is 2.79. The molecule has 0 radical (unpaired) electrons. The molecule has 0 aliphatic heterocycles. The molecule has 0 amide bonds. The van der Waals surface area contributed by atoms with Crippen molar-refractivity contribution in [2.75, 3.05) is 0 Å². The highest BCUT2D eigenvalue weighted by Crippen LogP contribution is 2.41. The Kier molecular flexibility index (Phi) is 2.50. The van der Waals surface area contributed by atoms with E-state index in [1.165, 1.54) is 29.6 Å². The van der Waals surface area contributed by atoms with Crippen LogP contribution in [0.2, 0.25) is 0 Å². The largest absolute Gasteiger partial charge is 0.480 e. The van der Waals surface area contributed by atoms with E-state index in [9.17, 15) is 4.79 Å². The normalized spacial score (nSPS) is 18.5. The first-order chi connectivity index (χ1) is 6.27. The topological polar surface area (TPSA) is 63.1 Å². The van der Waals surface area contributed by atoms with Gasteiger partial charge in [-0.25, -0.2) is 4.98 Å². The van der Waals surface area contributed by atoms with Gasteiger partial charge in [-0.3, -0.25) is 4.79 Å². The monoisotopic (exact) mass is 216 g/mol. The molecule has 1 saturated carbocycles. The summed E-state index contributed by atoms with van der Waals surface area (Å²) >= 11 is 2.57. The SMILES string of the molecule is O=C(O)C(Sc1ncns1)C1CC1. The lowest BCUT2D eigenvalue weighted by atomic mass is 10.3. The molecule has 70 valence electrons. The number of carboxylic acids is 1. The van der Waals surface area contributed by atoms with Gasteiger partial charge in [0.25, 0.3) is 0 Å². The van der Waals surface area contributed by atoms with Crippen LogP contribution in [0.3, 0.4) is 0 Å². The molecule has 1 N–H and O–H groups in total. The Morgan fingerprint density at radius 2 is 2.54 bits per heavy atom. The predicted octanol–water partition coefficient (Wildman–Crippen LogP) is 1.49. The molecular weight excluding hydrogens is 208 g/mol. The van der Waals surface area contributed by atoms with Gasteiger partial charge >= 0.3 is 5.97 Å². The van der Waals surface area contributed by atoms with Crippen LogP contribution in [0.15, 0.2) is 10.7 Å². The van der Waals surface area contributed by atoms with E-state index in [-0.39, 0.29) is 5.25 Å². The van der Waals surface area contributed by atoms with Gasteiger partial charge in [0.2, 0.25) is 0 Å². The fraction of sp³-hybridized carbons (Fsp3) is 0.571. The molecule has 0 aromatic carbocycles. The van der Waals surface area contributed by atoms with Crippen LogP contribution in [-0.2, 0) is 4.79 Å². The summed E-state index contributed by atoms with van der Waals surface area (Å²) in [7, 11) is 0. The van der Waals surface area contributed by atoms with Crippen molar-refractivity contribution >= 4 is 29.3 Å². The molecule has 1 aromatic rings. The lowest BCUT2D eigenvalue weighted by molar-refractivity contribution is -0.136. The minimum Gasteiger partial charge on any atom is -0.480 e. The Bertz CT molecular complexity index is 297. The molecule has 13 heavy (non-hydrogen) atoms. The summed E-state index contributed by atoms with van der Waals surface area (Å²) < 4.78 is 4.58. The van der Waals surface area contributed by atoms with Gasteiger partial charge in [-0.05, 0) is 30.3 Å². The third kappa shape index (κ3) is 2.19. The van der Waals surface area contributed by atoms with E-state index in [1.54, 1.807) is 0 Å². The van der Waals surface area contributed by atoms with E-state index >= 15 is 0 Å². The molecule has 4 nitrogen and oxygen atoms in total. The molecule has 1 aliphatic rings. The van der Waals surface area contributed by atoms with Gasteiger partial charge < -0.3 is 5.11 Å². The summed E-state index contributed by atoms with van der Waals surface area (Å²) in [6.45, 7) is 0. The minimum atomic E-state index is -0.734. The fourth-order valence-electron chi connectivity index (χ4n) is 1.07. The number of rotatable bonds is 4. The van der Waals surface area contributed by atoms with E-state index in [0.717, 1.165) is 17.2 Å². The predicted molar refractivity (Wildman–Crippen MR) is 49.9 cm³/mol. The molecule has 1 heterocycles. The number of carboxylic acid groups (broad SMARTS) is 1. The molecular formula is C7H8N2O2S2. The van der Waals surface area contributed by atoms with Crippen LogP contribution in [0.5, 0.6) is 0 Å². The van der Waals surface area contributed by atoms with Gasteiger partial charge in [0.15, 0.2) is 4.34 Å². The molecule has 6 heteroatoms. The number of hydrogen-bond donors (Lipinski definition) is 1. The van der Waals surface area contributed by atoms with Crippen LogP contribution < -0.4 is 0 Å². The number of aromatic nitrogens is 2. The van der Waals surface area contributed by atoms with Crippen LogP contribution in [0.25, 0.3) is 0 Å². The molecule has 0 saturated heterocycles. The number of aliphatic carboxylic acids is 1. The van der Waals surface area contributed by atoms with Crippen molar-refractivity contribution in [3.8, 4) is 0 Å². The van der Waals surface area contributed by atoms with Crippen molar-refractivity contribution in [1.29, 1.82) is 0 Å². The standard InChI is InChI=1S/C7H8N2O2S2/c10-6(11)5(4-1-2-4)12-7-8-3-9-13-7/h3-5H,1-2H2,(H,10,11). The summed E-state index contributed by atoms with van der Waals surface area (Å²) in [5, 5.41) is 8.59. The van der Waals surface area contributed by atoms with Crippen molar-refractivity contribution < 1.29 is 9.90 Å². The Hall–Kier alpha value is -0.620. The molecule has 1 aromatic heterocycles. The number of nitrogens with zero attached hydrogens (tertiary/aromatic N) is 2. The van der Waals surface area contributed by atoms with Crippen molar-refractivity contribution in [3.05, 3.63) is 6.33 Å². The van der Waals surface area contributed by atoms with Crippen LogP contribution >= 0.6 is 23.3 Å². The lowest BCUT2D eigenvalue weighted by Crippen LogP contribution is -2.18.